The van der Waals surface area contributed by atoms with Crippen LogP contribution >= 0.6 is 11.6 Å². The van der Waals surface area contributed by atoms with E-state index in [0.29, 0.717) is 26.1 Å². The van der Waals surface area contributed by atoms with E-state index < -0.39 is 21.7 Å². The molecule has 0 aliphatic carbocycles. The van der Waals surface area contributed by atoms with Gasteiger partial charge in [0.05, 0.1) is 35.1 Å². The third kappa shape index (κ3) is 6.94. The number of fused-ring (bicyclic) bond motifs is 1. The second-order valence-corrected chi connectivity index (χ2v) is 12.3. The van der Waals surface area contributed by atoms with Crippen LogP contribution in [-0.2, 0) is 14.6 Å². The Balaban J connectivity index is 1.49. The Hall–Kier alpha value is -2.37. The lowest BCUT2D eigenvalue weighted by Gasteiger charge is -2.29. The minimum atomic E-state index is -3.24. The molecule has 11 heteroatoms. The first-order valence-electron chi connectivity index (χ1n) is 12.3. The fourth-order valence-electron chi connectivity index (χ4n) is 5.38. The third-order valence-electron chi connectivity index (χ3n) is 7.03. The number of benzene rings is 2. The molecule has 2 aromatic rings. The van der Waals surface area contributed by atoms with Gasteiger partial charge in [0.1, 0.15) is 5.82 Å². The van der Waals surface area contributed by atoms with Crippen molar-refractivity contribution in [1.82, 2.24) is 20.9 Å². The maximum absolute atomic E-state index is 14.6. The lowest BCUT2D eigenvalue weighted by atomic mass is 9.89. The molecule has 2 unspecified atom stereocenters. The highest BCUT2D eigenvalue weighted by Crippen LogP contribution is 2.36. The van der Waals surface area contributed by atoms with Crippen LogP contribution in [0, 0.1) is 17.7 Å². The average Bonchev–Trinajstić information content (AvgIpc) is 3.42. The summed E-state index contributed by atoms with van der Waals surface area (Å²) in [4.78, 5) is 28.3. The summed E-state index contributed by atoms with van der Waals surface area (Å²) >= 11 is 6.24. The van der Waals surface area contributed by atoms with Crippen molar-refractivity contribution in [1.29, 1.82) is 0 Å². The predicted octanol–water partition coefficient (Wildman–Crippen LogP) is 2.02. The van der Waals surface area contributed by atoms with Gasteiger partial charge in [-0.3, -0.25) is 19.8 Å². The van der Waals surface area contributed by atoms with Crippen LogP contribution in [0.4, 0.5) is 4.39 Å². The molecule has 200 valence electrons. The fourth-order valence-corrected chi connectivity index (χ4v) is 6.11. The molecule has 0 aromatic heterocycles. The molecule has 37 heavy (non-hydrogen) atoms. The number of rotatable bonds is 11. The zero-order valence-corrected chi connectivity index (χ0v) is 22.2. The lowest BCUT2D eigenvalue weighted by molar-refractivity contribution is -0.121. The van der Waals surface area contributed by atoms with Gasteiger partial charge in [0.25, 0.3) is 0 Å². The van der Waals surface area contributed by atoms with E-state index >= 15 is 0 Å². The van der Waals surface area contributed by atoms with Gasteiger partial charge < -0.3 is 10.6 Å². The Kier molecular flexibility index (Phi) is 8.97. The molecule has 8 nitrogen and oxygen atoms in total. The van der Waals surface area contributed by atoms with Crippen LogP contribution in [0.5, 0.6) is 0 Å². The van der Waals surface area contributed by atoms with Crippen LogP contribution in [0.1, 0.15) is 28.4 Å². The molecule has 2 heterocycles. The highest BCUT2D eigenvalue weighted by Gasteiger charge is 2.48. The number of carbonyl (C=O) groups is 2. The number of carbonyl (C=O) groups excluding carboxylic acids is 2. The van der Waals surface area contributed by atoms with Crippen molar-refractivity contribution in [2.45, 2.75) is 18.5 Å². The first-order chi connectivity index (χ1) is 17.6. The van der Waals surface area contributed by atoms with Gasteiger partial charge in [0, 0.05) is 25.9 Å². The van der Waals surface area contributed by atoms with Crippen LogP contribution < -0.4 is 16.0 Å². The van der Waals surface area contributed by atoms with Crippen molar-refractivity contribution in [3.8, 4) is 0 Å². The molecule has 4 atom stereocenters. The maximum atomic E-state index is 14.6. The van der Waals surface area contributed by atoms with Gasteiger partial charge in [0.15, 0.2) is 15.6 Å². The molecular formula is C26H32ClFN4O4S. The van der Waals surface area contributed by atoms with E-state index in [1.807, 2.05) is 30.3 Å². The third-order valence-corrected chi connectivity index (χ3v) is 8.07. The van der Waals surface area contributed by atoms with Crippen LogP contribution in [0.25, 0.3) is 0 Å². The summed E-state index contributed by atoms with van der Waals surface area (Å²) in [5, 5.41) is 9.08. The number of sulfone groups is 1. The molecular weight excluding hydrogens is 519 g/mol. The van der Waals surface area contributed by atoms with Crippen molar-refractivity contribution in [2.75, 3.05) is 44.9 Å². The van der Waals surface area contributed by atoms with Crippen LogP contribution in [0.2, 0.25) is 5.02 Å². The number of likely N-dealkylation sites (tertiary alicyclic amines) is 1. The van der Waals surface area contributed by atoms with Gasteiger partial charge in [-0.15, -0.1) is 0 Å². The summed E-state index contributed by atoms with van der Waals surface area (Å²) in [5.74, 6) is -1.24. The number of halogens is 2. The summed E-state index contributed by atoms with van der Waals surface area (Å²) in [5.41, 5.74) is 0.830. The molecule has 2 saturated heterocycles. The Labute approximate surface area is 221 Å². The second kappa shape index (κ2) is 12.0. The van der Waals surface area contributed by atoms with Crippen molar-refractivity contribution < 1.29 is 22.4 Å². The minimum absolute atomic E-state index is 0.0492. The summed E-state index contributed by atoms with van der Waals surface area (Å²) in [7, 11) is -3.24. The molecule has 0 spiro atoms. The van der Waals surface area contributed by atoms with E-state index in [1.54, 1.807) is 0 Å². The van der Waals surface area contributed by atoms with E-state index in [0.717, 1.165) is 18.4 Å². The molecule has 3 N–H and O–H groups in total. The molecule has 2 fully saturated rings. The molecule has 2 aliphatic heterocycles. The van der Waals surface area contributed by atoms with Crippen molar-refractivity contribution in [2.24, 2.45) is 11.8 Å². The van der Waals surface area contributed by atoms with E-state index in [-0.39, 0.29) is 52.6 Å². The molecule has 2 aromatic carbocycles. The monoisotopic (exact) mass is 550 g/mol. The quantitative estimate of drug-likeness (QED) is 0.367. The number of hydrogen-bond donors (Lipinski definition) is 3. The molecule has 1 amide bonds. The summed E-state index contributed by atoms with van der Waals surface area (Å²) < 4.78 is 37.4. The summed E-state index contributed by atoms with van der Waals surface area (Å²) in [6.45, 7) is 2.52. The SMILES string of the molecule is CS(=O)(=O)CNCC(=O)NC(CCN1CC2CNC[C@H]2[C@H]1C(=O)c1c(F)cccc1Cl)c1ccccc1. The van der Waals surface area contributed by atoms with Gasteiger partial charge in [-0.25, -0.2) is 12.8 Å². The maximum Gasteiger partial charge on any atom is 0.234 e. The minimum Gasteiger partial charge on any atom is -0.348 e. The van der Waals surface area contributed by atoms with Gasteiger partial charge in [-0.1, -0.05) is 48.0 Å². The van der Waals surface area contributed by atoms with E-state index in [4.69, 9.17) is 11.6 Å². The first-order valence-corrected chi connectivity index (χ1v) is 14.7. The highest BCUT2D eigenvalue weighted by molar-refractivity contribution is 7.90. The topological polar surface area (TPSA) is 108 Å². The molecule has 0 saturated carbocycles. The second-order valence-electron chi connectivity index (χ2n) is 9.80. The number of ketones is 1. The van der Waals surface area contributed by atoms with Crippen LogP contribution in [0.15, 0.2) is 48.5 Å². The Morgan fingerprint density at radius 3 is 2.62 bits per heavy atom. The highest BCUT2D eigenvalue weighted by atomic mass is 35.5. The number of hydrogen-bond acceptors (Lipinski definition) is 7. The summed E-state index contributed by atoms with van der Waals surface area (Å²) in [6.07, 6.45) is 1.61. The molecule has 0 radical (unpaired) electrons. The van der Waals surface area contributed by atoms with Gasteiger partial charge >= 0.3 is 0 Å². The van der Waals surface area contributed by atoms with Crippen molar-refractivity contribution >= 4 is 33.1 Å². The number of amides is 1. The largest absolute Gasteiger partial charge is 0.348 e. The zero-order valence-electron chi connectivity index (χ0n) is 20.6. The Morgan fingerprint density at radius 1 is 1.16 bits per heavy atom. The predicted molar refractivity (Wildman–Crippen MR) is 141 cm³/mol. The average molecular weight is 551 g/mol. The van der Waals surface area contributed by atoms with Gasteiger partial charge in [-0.05, 0) is 42.5 Å². The Bertz CT molecular complexity index is 1210. The summed E-state index contributed by atoms with van der Waals surface area (Å²) in [6, 6.07) is 12.9. The molecule has 4 rings (SSSR count). The zero-order chi connectivity index (χ0) is 26.6. The smallest absolute Gasteiger partial charge is 0.234 e. The van der Waals surface area contributed by atoms with Gasteiger partial charge in [0.2, 0.25) is 5.91 Å². The van der Waals surface area contributed by atoms with E-state index in [9.17, 15) is 22.4 Å². The van der Waals surface area contributed by atoms with E-state index in [2.05, 4.69) is 20.9 Å². The number of Topliss-reactive ketones (excluding diaryl/α,β-unsaturated/α-hetero) is 1. The lowest BCUT2D eigenvalue weighted by Crippen LogP contribution is -2.44. The molecule has 2 aliphatic rings. The number of nitrogens with one attached hydrogen (secondary N) is 3. The van der Waals surface area contributed by atoms with Crippen molar-refractivity contribution in [3.05, 3.63) is 70.5 Å². The van der Waals surface area contributed by atoms with Crippen molar-refractivity contribution in [3.63, 3.8) is 0 Å². The van der Waals surface area contributed by atoms with Crippen LogP contribution in [0.3, 0.4) is 0 Å². The fraction of sp³-hybridized carbons (Fsp3) is 0.462. The Morgan fingerprint density at radius 2 is 1.92 bits per heavy atom. The van der Waals surface area contributed by atoms with E-state index in [1.165, 1.54) is 18.2 Å². The standard InChI is InChI=1S/C26H32ClFN4O4S/c1-37(35,36)16-30-14-23(33)31-22(17-6-3-2-4-7-17)10-11-32-15-18-12-29-13-19(18)25(32)26(34)24-20(27)8-5-9-21(24)28/h2-9,18-19,22,25,29-30H,10-16H2,1H3,(H,31,33)/t18?,19-,22?,25+/m1/s1. The molecule has 0 bridgehead atoms. The van der Waals surface area contributed by atoms with Crippen LogP contribution in [-0.4, -0.2) is 75.9 Å². The normalized spacial score (nSPS) is 22.5. The number of nitrogens with zero attached hydrogens (tertiary/aromatic N) is 1. The van der Waals surface area contributed by atoms with Gasteiger partial charge in [-0.2, -0.15) is 0 Å². The first kappa shape index (κ1) is 27.7.